The maximum atomic E-state index is 2.52. The van der Waals surface area contributed by atoms with E-state index in [0.29, 0.717) is 11.2 Å². The molecule has 0 fully saturated rings. The van der Waals surface area contributed by atoms with Gasteiger partial charge in [0.2, 0.25) is 0 Å². The summed E-state index contributed by atoms with van der Waals surface area (Å²) in [4.78, 5) is 1.41. The van der Waals surface area contributed by atoms with Gasteiger partial charge in [0.05, 0.1) is 0 Å². The molecule has 1 heteroatoms. The Kier molecular flexibility index (Phi) is 6.32. The molecule has 0 saturated carbocycles. The van der Waals surface area contributed by atoms with Crippen molar-refractivity contribution >= 4 is 38.9 Å². The van der Waals surface area contributed by atoms with E-state index >= 15 is 0 Å². The van der Waals surface area contributed by atoms with Gasteiger partial charge in [-0.2, -0.15) is 0 Å². The topological polar surface area (TPSA) is 0 Å². The van der Waals surface area contributed by atoms with Crippen LogP contribution in [0.15, 0.2) is 175 Å². The number of hydrogen-bond acceptors (Lipinski definition) is 1. The quantitative estimate of drug-likeness (QED) is 0.184. The van der Waals surface area contributed by atoms with Crippen molar-refractivity contribution in [3.63, 3.8) is 0 Å². The van der Waals surface area contributed by atoms with E-state index in [2.05, 4.69) is 170 Å². The van der Waals surface area contributed by atoms with E-state index < -0.39 is 0 Å². The van der Waals surface area contributed by atoms with Crippen LogP contribution in [-0.4, -0.2) is 5.25 Å². The molecule has 0 amide bonds. The number of thioether (sulfide) groups is 1. The van der Waals surface area contributed by atoms with Gasteiger partial charge in [-0.3, -0.25) is 0 Å². The molecule has 0 saturated heterocycles. The smallest absolute Gasteiger partial charge is 0.0387 e. The standard InChI is InChI=1S/C44H30S/c1-3-13-29(14-4-1)32-25-33(30-15-5-2-6-16-30)27-34(26-32)44-39-20-9-7-18-37(39)43(38-19-8-10-21-40(38)44)31-23-24-36-35-17-11-12-22-41(35)45-42(36)28-31/h1-28,36,42H. The fraction of sp³-hybridized carbons (Fsp3) is 0.0455. The minimum Gasteiger partial charge on any atom is -0.117 e. The zero-order valence-corrected chi connectivity index (χ0v) is 25.5. The second-order valence-electron chi connectivity index (χ2n) is 12.0. The molecule has 0 radical (unpaired) electrons. The summed E-state index contributed by atoms with van der Waals surface area (Å²) >= 11 is 2.00. The predicted molar refractivity (Wildman–Crippen MR) is 194 cm³/mol. The molecule has 2 unspecified atom stereocenters. The third-order valence-corrected chi connectivity index (χ3v) is 10.7. The van der Waals surface area contributed by atoms with E-state index in [4.69, 9.17) is 0 Å². The van der Waals surface area contributed by atoms with E-state index in [9.17, 15) is 0 Å². The highest BCUT2D eigenvalue weighted by Gasteiger charge is 2.32. The zero-order valence-electron chi connectivity index (χ0n) is 24.7. The van der Waals surface area contributed by atoms with Crippen LogP contribution in [-0.2, 0) is 0 Å². The fourth-order valence-corrected chi connectivity index (χ4v) is 8.72. The molecule has 1 aliphatic carbocycles. The highest BCUT2D eigenvalue weighted by atomic mass is 32.2. The van der Waals surface area contributed by atoms with Gasteiger partial charge in [0.1, 0.15) is 0 Å². The molecular formula is C44H30S. The third kappa shape index (κ3) is 4.46. The molecule has 7 aromatic carbocycles. The SMILES string of the molecule is C1=CC2c3ccccc3SC2C=C1c1c2ccccc2c(-c2cc(-c3ccccc3)cc(-c3ccccc3)c2)c2ccccc12. The lowest BCUT2D eigenvalue weighted by Crippen LogP contribution is -2.09. The van der Waals surface area contributed by atoms with Crippen LogP contribution in [0.1, 0.15) is 17.0 Å². The molecule has 0 nitrogen and oxygen atoms in total. The zero-order chi connectivity index (χ0) is 29.7. The number of rotatable bonds is 4. The Morgan fingerprint density at radius 1 is 0.422 bits per heavy atom. The van der Waals surface area contributed by atoms with Crippen LogP contribution in [0.2, 0.25) is 0 Å². The van der Waals surface area contributed by atoms with Gasteiger partial charge in [-0.15, -0.1) is 11.8 Å². The van der Waals surface area contributed by atoms with E-state index in [1.165, 1.54) is 76.5 Å². The summed E-state index contributed by atoms with van der Waals surface area (Å²) in [5.74, 6) is 0.434. The Hall–Kier alpha value is -5.11. The van der Waals surface area contributed by atoms with Crippen molar-refractivity contribution in [2.24, 2.45) is 0 Å². The minimum atomic E-state index is 0.413. The molecule has 45 heavy (non-hydrogen) atoms. The maximum absolute atomic E-state index is 2.52. The van der Waals surface area contributed by atoms with Gasteiger partial charge in [-0.25, -0.2) is 0 Å². The monoisotopic (exact) mass is 590 g/mol. The molecule has 0 spiro atoms. The Balaban J connectivity index is 1.29. The fourth-order valence-electron chi connectivity index (χ4n) is 7.33. The van der Waals surface area contributed by atoms with E-state index in [0.717, 1.165) is 0 Å². The van der Waals surface area contributed by atoms with Gasteiger partial charge in [-0.1, -0.05) is 146 Å². The molecule has 7 aromatic rings. The van der Waals surface area contributed by atoms with Crippen molar-refractivity contribution in [2.45, 2.75) is 16.1 Å². The first-order valence-electron chi connectivity index (χ1n) is 15.7. The minimum absolute atomic E-state index is 0.413. The van der Waals surface area contributed by atoms with E-state index in [-0.39, 0.29) is 0 Å². The lowest BCUT2D eigenvalue weighted by molar-refractivity contribution is 0.884. The Morgan fingerprint density at radius 3 is 1.51 bits per heavy atom. The first-order valence-corrected chi connectivity index (χ1v) is 16.6. The molecule has 2 aliphatic rings. The molecule has 2 atom stereocenters. The predicted octanol–water partition coefficient (Wildman–Crippen LogP) is 12.2. The van der Waals surface area contributed by atoms with Gasteiger partial charge < -0.3 is 0 Å². The van der Waals surface area contributed by atoms with Crippen molar-refractivity contribution in [3.05, 3.63) is 181 Å². The summed E-state index contributed by atoms with van der Waals surface area (Å²) < 4.78 is 0. The number of fused-ring (bicyclic) bond motifs is 5. The van der Waals surface area contributed by atoms with Crippen LogP contribution in [0.3, 0.4) is 0 Å². The largest absolute Gasteiger partial charge is 0.117 e. The van der Waals surface area contributed by atoms with Gasteiger partial charge >= 0.3 is 0 Å². The van der Waals surface area contributed by atoms with Gasteiger partial charge in [0.25, 0.3) is 0 Å². The molecule has 0 aromatic heterocycles. The Bertz CT molecular complexity index is 2180. The van der Waals surface area contributed by atoms with Crippen LogP contribution in [0, 0.1) is 0 Å². The van der Waals surface area contributed by atoms with Crippen LogP contribution >= 0.6 is 11.8 Å². The number of benzene rings is 7. The molecular weight excluding hydrogens is 561 g/mol. The van der Waals surface area contributed by atoms with Gasteiger partial charge in [0, 0.05) is 16.1 Å². The molecule has 0 N–H and O–H groups in total. The second-order valence-corrected chi connectivity index (χ2v) is 13.2. The summed E-state index contributed by atoms with van der Waals surface area (Å²) in [6.07, 6.45) is 7.33. The highest BCUT2D eigenvalue weighted by Crippen LogP contribution is 2.51. The first-order chi connectivity index (χ1) is 22.3. The summed E-state index contributed by atoms with van der Waals surface area (Å²) in [7, 11) is 0. The molecule has 1 heterocycles. The molecule has 9 rings (SSSR count). The summed E-state index contributed by atoms with van der Waals surface area (Å²) in [5, 5.41) is 5.58. The molecule has 212 valence electrons. The normalized spacial score (nSPS) is 16.8. The number of hydrogen-bond donors (Lipinski definition) is 0. The van der Waals surface area contributed by atoms with E-state index in [1.54, 1.807) is 0 Å². The van der Waals surface area contributed by atoms with Crippen molar-refractivity contribution in [1.82, 2.24) is 0 Å². The van der Waals surface area contributed by atoms with Crippen LogP contribution in [0.25, 0.3) is 60.5 Å². The second kappa shape index (κ2) is 10.8. The maximum Gasteiger partial charge on any atom is 0.0387 e. The lowest BCUT2D eigenvalue weighted by atomic mass is 9.82. The summed E-state index contributed by atoms with van der Waals surface area (Å²) in [6.45, 7) is 0. The first kappa shape index (κ1) is 26.3. The average Bonchev–Trinajstić information content (AvgIpc) is 3.49. The van der Waals surface area contributed by atoms with Crippen molar-refractivity contribution in [3.8, 4) is 33.4 Å². The summed E-state index contributed by atoms with van der Waals surface area (Å²) in [6, 6.07) is 55.5. The molecule has 1 aliphatic heterocycles. The number of allylic oxidation sites excluding steroid dienone is 3. The van der Waals surface area contributed by atoms with Crippen LogP contribution in [0.4, 0.5) is 0 Å². The molecule has 0 bridgehead atoms. The third-order valence-electron chi connectivity index (χ3n) is 9.38. The van der Waals surface area contributed by atoms with Crippen molar-refractivity contribution in [1.29, 1.82) is 0 Å². The highest BCUT2D eigenvalue weighted by molar-refractivity contribution is 8.00. The van der Waals surface area contributed by atoms with Crippen molar-refractivity contribution in [2.75, 3.05) is 0 Å². The lowest BCUT2D eigenvalue weighted by Gasteiger charge is -2.23. The Labute approximate surface area is 268 Å². The average molecular weight is 591 g/mol. The van der Waals surface area contributed by atoms with Crippen molar-refractivity contribution < 1.29 is 0 Å². The van der Waals surface area contributed by atoms with Crippen LogP contribution in [0.5, 0.6) is 0 Å². The van der Waals surface area contributed by atoms with Gasteiger partial charge in [0.15, 0.2) is 0 Å². The Morgan fingerprint density at radius 2 is 0.911 bits per heavy atom. The van der Waals surface area contributed by atoms with E-state index in [1.807, 2.05) is 11.8 Å². The van der Waals surface area contributed by atoms with Crippen LogP contribution < -0.4 is 0 Å². The summed E-state index contributed by atoms with van der Waals surface area (Å²) in [5.41, 5.74) is 11.5. The van der Waals surface area contributed by atoms with Gasteiger partial charge in [-0.05, 0) is 95.9 Å².